The Labute approximate surface area is 97.3 Å². The molecule has 0 aliphatic carbocycles. The molecule has 0 bridgehead atoms. The number of rotatable bonds is 4. The average Bonchev–Trinajstić information content (AvgIpc) is 2.29. The number of nitrogens with two attached hydrogens (primary N) is 1. The van der Waals surface area contributed by atoms with Gasteiger partial charge in [0.05, 0.1) is 0 Å². The summed E-state index contributed by atoms with van der Waals surface area (Å²) in [5, 5.41) is 0. The van der Waals surface area contributed by atoms with Gasteiger partial charge in [-0.3, -0.25) is 0 Å². The Hall–Kier alpha value is -1.56. The van der Waals surface area contributed by atoms with Crippen molar-refractivity contribution in [3.63, 3.8) is 0 Å². The Kier molecular flexibility index (Phi) is 3.63. The monoisotopic (exact) mass is 245 g/mol. The van der Waals surface area contributed by atoms with Crippen molar-refractivity contribution >= 4 is 0 Å². The average molecular weight is 245 g/mol. The van der Waals surface area contributed by atoms with Gasteiger partial charge in [-0.2, -0.15) is 8.78 Å². The zero-order chi connectivity index (χ0) is 12.3. The minimum Gasteiger partial charge on any atom is -0.486 e. The fourth-order valence-electron chi connectivity index (χ4n) is 1.67. The second kappa shape index (κ2) is 5.18. The maximum Gasteiger partial charge on any atom is 0.387 e. The van der Waals surface area contributed by atoms with E-state index in [2.05, 4.69) is 4.74 Å². The molecule has 6 heteroatoms. The normalized spacial score (nSPS) is 13.9. The highest BCUT2D eigenvalue weighted by molar-refractivity contribution is 5.51. The molecular formula is C11H13F2NO3. The van der Waals surface area contributed by atoms with E-state index in [0.29, 0.717) is 43.2 Å². The van der Waals surface area contributed by atoms with Crippen LogP contribution in [0.1, 0.15) is 5.56 Å². The quantitative estimate of drug-likeness (QED) is 0.874. The van der Waals surface area contributed by atoms with Gasteiger partial charge in [-0.15, -0.1) is 0 Å². The van der Waals surface area contributed by atoms with Gasteiger partial charge in [-0.05, 0) is 24.6 Å². The molecule has 0 unspecified atom stereocenters. The number of hydrogen-bond acceptors (Lipinski definition) is 4. The lowest BCUT2D eigenvalue weighted by molar-refractivity contribution is -0.0506. The molecule has 0 aromatic heterocycles. The van der Waals surface area contributed by atoms with Crippen LogP contribution < -0.4 is 19.9 Å². The summed E-state index contributed by atoms with van der Waals surface area (Å²) in [6.07, 6.45) is 0.443. The summed E-state index contributed by atoms with van der Waals surface area (Å²) >= 11 is 0. The smallest absolute Gasteiger partial charge is 0.387 e. The van der Waals surface area contributed by atoms with Crippen LogP contribution in [0.3, 0.4) is 0 Å². The first-order valence-corrected chi connectivity index (χ1v) is 5.28. The molecule has 0 atom stereocenters. The summed E-state index contributed by atoms with van der Waals surface area (Å²) in [4.78, 5) is 0. The largest absolute Gasteiger partial charge is 0.486 e. The summed E-state index contributed by atoms with van der Waals surface area (Å²) < 4.78 is 39.6. The number of fused-ring (bicyclic) bond motifs is 1. The molecule has 4 nitrogen and oxygen atoms in total. The number of ether oxygens (including phenoxy) is 3. The lowest BCUT2D eigenvalue weighted by atomic mass is 10.1. The molecule has 1 aromatic carbocycles. The Morgan fingerprint density at radius 1 is 1.24 bits per heavy atom. The maximum atomic E-state index is 12.2. The molecular weight excluding hydrogens is 232 g/mol. The van der Waals surface area contributed by atoms with Crippen LogP contribution in [0.25, 0.3) is 0 Å². The van der Waals surface area contributed by atoms with Crippen molar-refractivity contribution in [2.75, 3.05) is 19.8 Å². The standard InChI is InChI=1S/C11H13F2NO3/c12-11(13)17-8-6-10-9(15-3-4-16-10)5-7(8)1-2-14/h5-6,11H,1-4,14H2. The molecule has 0 radical (unpaired) electrons. The van der Waals surface area contributed by atoms with E-state index < -0.39 is 6.61 Å². The van der Waals surface area contributed by atoms with Gasteiger partial charge in [0.1, 0.15) is 19.0 Å². The van der Waals surface area contributed by atoms with E-state index in [1.807, 2.05) is 0 Å². The molecule has 1 aromatic rings. The van der Waals surface area contributed by atoms with Gasteiger partial charge >= 0.3 is 6.61 Å². The van der Waals surface area contributed by atoms with Crippen molar-refractivity contribution in [2.45, 2.75) is 13.0 Å². The van der Waals surface area contributed by atoms with Crippen molar-refractivity contribution in [1.29, 1.82) is 0 Å². The second-order valence-corrected chi connectivity index (χ2v) is 3.52. The molecule has 1 aliphatic rings. The van der Waals surface area contributed by atoms with E-state index >= 15 is 0 Å². The lowest BCUT2D eigenvalue weighted by Gasteiger charge is -2.21. The minimum atomic E-state index is -2.87. The zero-order valence-electron chi connectivity index (χ0n) is 9.12. The maximum absolute atomic E-state index is 12.2. The fourth-order valence-corrected chi connectivity index (χ4v) is 1.67. The number of alkyl halides is 2. The Morgan fingerprint density at radius 2 is 1.88 bits per heavy atom. The predicted molar refractivity (Wildman–Crippen MR) is 56.8 cm³/mol. The summed E-state index contributed by atoms with van der Waals surface area (Å²) in [6.45, 7) is -1.67. The van der Waals surface area contributed by atoms with Gasteiger partial charge in [-0.1, -0.05) is 0 Å². The fraction of sp³-hybridized carbons (Fsp3) is 0.455. The molecule has 1 heterocycles. The summed E-state index contributed by atoms with van der Waals surface area (Å²) in [7, 11) is 0. The highest BCUT2D eigenvalue weighted by Gasteiger charge is 2.18. The van der Waals surface area contributed by atoms with Gasteiger partial charge < -0.3 is 19.9 Å². The third kappa shape index (κ3) is 2.76. The van der Waals surface area contributed by atoms with E-state index in [1.54, 1.807) is 6.07 Å². The molecule has 0 spiro atoms. The van der Waals surface area contributed by atoms with Gasteiger partial charge in [-0.25, -0.2) is 0 Å². The van der Waals surface area contributed by atoms with Crippen LogP contribution >= 0.6 is 0 Å². The van der Waals surface area contributed by atoms with Crippen LogP contribution in [-0.2, 0) is 6.42 Å². The molecule has 0 saturated carbocycles. The van der Waals surface area contributed by atoms with Gasteiger partial charge in [0.2, 0.25) is 0 Å². The third-order valence-corrected chi connectivity index (χ3v) is 2.36. The van der Waals surface area contributed by atoms with Crippen molar-refractivity contribution < 1.29 is 23.0 Å². The summed E-state index contributed by atoms with van der Waals surface area (Å²) in [6, 6.07) is 3.06. The van der Waals surface area contributed by atoms with E-state index in [1.165, 1.54) is 6.07 Å². The first kappa shape index (κ1) is 11.9. The zero-order valence-corrected chi connectivity index (χ0v) is 9.12. The van der Waals surface area contributed by atoms with Crippen molar-refractivity contribution in [1.82, 2.24) is 0 Å². The van der Waals surface area contributed by atoms with E-state index in [-0.39, 0.29) is 5.75 Å². The van der Waals surface area contributed by atoms with E-state index in [4.69, 9.17) is 15.2 Å². The lowest BCUT2D eigenvalue weighted by Crippen LogP contribution is -2.16. The molecule has 0 amide bonds. The Bertz CT molecular complexity index is 399. The number of hydrogen-bond donors (Lipinski definition) is 1. The molecule has 2 N–H and O–H groups in total. The van der Waals surface area contributed by atoms with E-state index in [9.17, 15) is 8.78 Å². The first-order chi connectivity index (χ1) is 8.20. The van der Waals surface area contributed by atoms with Crippen LogP contribution in [0.4, 0.5) is 8.78 Å². The Balaban J connectivity index is 2.33. The minimum absolute atomic E-state index is 0.0923. The number of benzene rings is 1. The molecule has 17 heavy (non-hydrogen) atoms. The van der Waals surface area contributed by atoms with Crippen molar-refractivity contribution in [3.8, 4) is 17.2 Å². The molecule has 1 aliphatic heterocycles. The van der Waals surface area contributed by atoms with Gasteiger partial charge in [0, 0.05) is 6.07 Å². The van der Waals surface area contributed by atoms with Crippen LogP contribution in [-0.4, -0.2) is 26.4 Å². The topological polar surface area (TPSA) is 53.7 Å². The Morgan fingerprint density at radius 3 is 2.47 bits per heavy atom. The van der Waals surface area contributed by atoms with Gasteiger partial charge in [0.25, 0.3) is 0 Å². The molecule has 2 rings (SSSR count). The van der Waals surface area contributed by atoms with Crippen molar-refractivity contribution in [3.05, 3.63) is 17.7 Å². The van der Waals surface area contributed by atoms with Crippen LogP contribution in [0.2, 0.25) is 0 Å². The predicted octanol–water partition coefficient (Wildman–Crippen LogP) is 1.56. The van der Waals surface area contributed by atoms with Crippen LogP contribution in [0.15, 0.2) is 12.1 Å². The van der Waals surface area contributed by atoms with E-state index in [0.717, 1.165) is 0 Å². The van der Waals surface area contributed by atoms with Gasteiger partial charge in [0.15, 0.2) is 11.5 Å². The number of halogens is 2. The molecule has 0 saturated heterocycles. The SMILES string of the molecule is NCCc1cc2c(cc1OC(F)F)OCCO2. The van der Waals surface area contributed by atoms with Crippen molar-refractivity contribution in [2.24, 2.45) is 5.73 Å². The summed E-state index contributed by atoms with van der Waals surface area (Å²) in [5.41, 5.74) is 6.02. The van der Waals surface area contributed by atoms with Crippen LogP contribution in [0, 0.1) is 0 Å². The van der Waals surface area contributed by atoms with Crippen LogP contribution in [0.5, 0.6) is 17.2 Å². The third-order valence-electron chi connectivity index (χ3n) is 2.36. The highest BCUT2D eigenvalue weighted by atomic mass is 19.3. The molecule has 94 valence electrons. The highest BCUT2D eigenvalue weighted by Crippen LogP contribution is 2.37. The first-order valence-electron chi connectivity index (χ1n) is 5.28. The molecule has 0 fully saturated rings. The second-order valence-electron chi connectivity index (χ2n) is 3.52. The summed E-state index contributed by atoms with van der Waals surface area (Å²) in [5.74, 6) is 1.06.